The van der Waals surface area contributed by atoms with Crippen molar-refractivity contribution in [2.45, 2.75) is 13.1 Å². The summed E-state index contributed by atoms with van der Waals surface area (Å²) in [5.41, 5.74) is -0.341. The van der Waals surface area contributed by atoms with Crippen LogP contribution in [0.2, 0.25) is 0 Å². The Morgan fingerprint density at radius 1 is 1.19 bits per heavy atom. The molecule has 0 aliphatic heterocycles. The summed E-state index contributed by atoms with van der Waals surface area (Å²) in [5, 5.41) is -1.38. The summed E-state index contributed by atoms with van der Waals surface area (Å²) in [6.07, 6.45) is -4.71. The molecule has 0 N–H and O–H groups in total. The van der Waals surface area contributed by atoms with Gasteiger partial charge in [-0.15, -0.1) is 0 Å². The molecule has 0 aliphatic carbocycles. The maximum Gasteiger partial charge on any atom is 0.427 e. The maximum atomic E-state index is 12.4. The molecule has 0 amide bonds. The van der Waals surface area contributed by atoms with Gasteiger partial charge in [0.05, 0.1) is 0 Å². The largest absolute Gasteiger partial charge is 0.427 e. The first kappa shape index (κ1) is 12.8. The summed E-state index contributed by atoms with van der Waals surface area (Å²) in [6.45, 7) is 1.05. The van der Waals surface area contributed by atoms with E-state index < -0.39 is 22.6 Å². The van der Waals surface area contributed by atoms with Crippen molar-refractivity contribution in [2.75, 3.05) is 0 Å². The van der Waals surface area contributed by atoms with Gasteiger partial charge >= 0.3 is 6.18 Å². The van der Waals surface area contributed by atoms with Crippen molar-refractivity contribution in [1.29, 1.82) is 0 Å². The fourth-order valence-corrected chi connectivity index (χ4v) is 1.47. The van der Waals surface area contributed by atoms with E-state index in [1.54, 1.807) is 18.2 Å². The number of carbonyl (C=O) groups is 1. The molecular formula is C11H8ClF3O. The highest BCUT2D eigenvalue weighted by molar-refractivity contribution is 6.39. The first-order chi connectivity index (χ1) is 7.34. The number of allylic oxidation sites excluding steroid dienone is 2. The monoisotopic (exact) mass is 248 g/mol. The quantitative estimate of drug-likeness (QED) is 0.728. The van der Waals surface area contributed by atoms with Gasteiger partial charge in [-0.2, -0.15) is 13.2 Å². The number of benzene rings is 1. The van der Waals surface area contributed by atoms with Gasteiger partial charge in [0.15, 0.2) is 5.78 Å². The van der Waals surface area contributed by atoms with E-state index in [2.05, 4.69) is 0 Å². The molecular weight excluding hydrogens is 241 g/mol. The second-order valence-electron chi connectivity index (χ2n) is 3.11. The third-order valence-corrected chi connectivity index (χ3v) is 2.29. The molecule has 0 unspecified atom stereocenters. The lowest BCUT2D eigenvalue weighted by Gasteiger charge is -2.10. The zero-order valence-electron chi connectivity index (χ0n) is 8.31. The zero-order valence-corrected chi connectivity index (χ0v) is 9.06. The number of hydrogen-bond donors (Lipinski definition) is 0. The molecule has 0 spiro atoms. The number of hydrogen-bond acceptors (Lipinski definition) is 1. The predicted octanol–water partition coefficient (Wildman–Crippen LogP) is 3.79. The fourth-order valence-electron chi connectivity index (χ4n) is 1.23. The smallest absolute Gasteiger partial charge is 0.294 e. The molecule has 0 atom stereocenters. The van der Waals surface area contributed by atoms with Crippen molar-refractivity contribution < 1.29 is 18.0 Å². The van der Waals surface area contributed by atoms with E-state index in [1.807, 2.05) is 0 Å². The van der Waals surface area contributed by atoms with Gasteiger partial charge in [-0.3, -0.25) is 4.79 Å². The van der Waals surface area contributed by atoms with E-state index in [4.69, 9.17) is 11.6 Å². The van der Waals surface area contributed by atoms with Crippen molar-refractivity contribution in [3.63, 3.8) is 0 Å². The van der Waals surface area contributed by atoms with E-state index in [0.29, 0.717) is 0 Å². The van der Waals surface area contributed by atoms with E-state index >= 15 is 0 Å². The van der Waals surface area contributed by atoms with Crippen LogP contribution in [-0.4, -0.2) is 12.0 Å². The Morgan fingerprint density at radius 2 is 1.69 bits per heavy atom. The summed E-state index contributed by atoms with van der Waals surface area (Å²) < 4.78 is 37.2. The zero-order chi connectivity index (χ0) is 12.3. The van der Waals surface area contributed by atoms with Gasteiger partial charge in [-0.05, 0) is 12.5 Å². The minimum Gasteiger partial charge on any atom is -0.294 e. The van der Waals surface area contributed by atoms with Crippen molar-refractivity contribution in [3.05, 3.63) is 40.9 Å². The van der Waals surface area contributed by atoms with Gasteiger partial charge in [-0.1, -0.05) is 41.9 Å². The van der Waals surface area contributed by atoms with Gasteiger partial charge in [0.25, 0.3) is 0 Å². The van der Waals surface area contributed by atoms with Gasteiger partial charge in [0, 0.05) is 5.57 Å². The first-order valence-corrected chi connectivity index (χ1v) is 4.75. The van der Waals surface area contributed by atoms with Crippen LogP contribution in [0, 0.1) is 0 Å². The number of carbonyl (C=O) groups excluding carboxylic acids is 1. The standard InChI is InChI=1S/C11H8ClF3O/c1-7(16)9(10(12)11(13,14)15)8-5-3-2-4-6-8/h2-6H,1H3/b10-9-. The van der Waals surface area contributed by atoms with Crippen molar-refractivity contribution in [2.24, 2.45) is 0 Å². The Kier molecular flexibility index (Phi) is 3.75. The van der Waals surface area contributed by atoms with Crippen LogP contribution in [-0.2, 0) is 4.79 Å². The molecule has 1 aromatic rings. The molecule has 1 aromatic carbocycles. The number of halogens is 4. The molecule has 0 heterocycles. The molecule has 0 fully saturated rings. The molecule has 16 heavy (non-hydrogen) atoms. The van der Waals surface area contributed by atoms with Crippen molar-refractivity contribution in [1.82, 2.24) is 0 Å². The van der Waals surface area contributed by atoms with Crippen LogP contribution in [0.1, 0.15) is 12.5 Å². The summed E-state index contributed by atoms with van der Waals surface area (Å²) in [7, 11) is 0. The molecule has 0 saturated heterocycles. The fraction of sp³-hybridized carbons (Fsp3) is 0.182. The summed E-state index contributed by atoms with van der Waals surface area (Å²) in [6, 6.07) is 7.54. The molecule has 0 bridgehead atoms. The molecule has 0 aromatic heterocycles. The van der Waals surface area contributed by atoms with Crippen LogP contribution >= 0.6 is 11.6 Å². The predicted molar refractivity (Wildman–Crippen MR) is 56.0 cm³/mol. The number of rotatable bonds is 2. The molecule has 1 nitrogen and oxygen atoms in total. The summed E-state index contributed by atoms with van der Waals surface area (Å²) >= 11 is 5.19. The van der Waals surface area contributed by atoms with Crippen molar-refractivity contribution in [3.8, 4) is 0 Å². The average Bonchev–Trinajstić information content (AvgIpc) is 2.17. The van der Waals surface area contributed by atoms with Crippen LogP contribution in [0.3, 0.4) is 0 Å². The molecule has 1 rings (SSSR count). The lowest BCUT2D eigenvalue weighted by Crippen LogP contribution is -2.12. The molecule has 5 heteroatoms. The third-order valence-electron chi connectivity index (χ3n) is 1.88. The Bertz CT molecular complexity index is 421. The van der Waals surface area contributed by atoms with Gasteiger partial charge in [0.2, 0.25) is 0 Å². The van der Waals surface area contributed by atoms with E-state index in [9.17, 15) is 18.0 Å². The summed E-state index contributed by atoms with van der Waals surface area (Å²) in [5.74, 6) is -0.714. The van der Waals surface area contributed by atoms with Gasteiger partial charge < -0.3 is 0 Å². The average molecular weight is 249 g/mol. The minimum atomic E-state index is -4.71. The van der Waals surface area contributed by atoms with Gasteiger partial charge in [-0.25, -0.2) is 0 Å². The highest BCUT2D eigenvalue weighted by Gasteiger charge is 2.36. The first-order valence-electron chi connectivity index (χ1n) is 4.37. The lowest BCUT2D eigenvalue weighted by molar-refractivity contribution is -0.112. The van der Waals surface area contributed by atoms with Crippen LogP contribution < -0.4 is 0 Å². The number of ketones is 1. The second kappa shape index (κ2) is 4.70. The van der Waals surface area contributed by atoms with E-state index in [0.717, 1.165) is 6.92 Å². The van der Waals surface area contributed by atoms with Crippen LogP contribution in [0.15, 0.2) is 35.4 Å². The van der Waals surface area contributed by atoms with Crippen LogP contribution in [0.25, 0.3) is 5.57 Å². The molecule has 0 aliphatic rings. The number of alkyl halides is 3. The Hall–Kier alpha value is -1.29. The number of Topliss-reactive ketones (excluding diaryl/α,β-unsaturated/α-hetero) is 1. The minimum absolute atomic E-state index is 0.164. The highest BCUT2D eigenvalue weighted by atomic mass is 35.5. The van der Waals surface area contributed by atoms with E-state index in [1.165, 1.54) is 12.1 Å². The Balaban J connectivity index is 3.37. The van der Waals surface area contributed by atoms with Gasteiger partial charge in [0.1, 0.15) is 5.03 Å². The Morgan fingerprint density at radius 3 is 2.06 bits per heavy atom. The normalized spacial score (nSPS) is 13.3. The SMILES string of the molecule is CC(=O)/C(=C(/Cl)C(F)(F)F)c1ccccc1. The second-order valence-corrected chi connectivity index (χ2v) is 3.49. The maximum absolute atomic E-state index is 12.4. The summed E-state index contributed by atoms with van der Waals surface area (Å²) in [4.78, 5) is 11.2. The molecule has 0 saturated carbocycles. The lowest BCUT2D eigenvalue weighted by atomic mass is 10.0. The van der Waals surface area contributed by atoms with E-state index in [-0.39, 0.29) is 5.56 Å². The Labute approximate surface area is 95.5 Å². The van der Waals surface area contributed by atoms with Crippen LogP contribution in [0.5, 0.6) is 0 Å². The molecule has 86 valence electrons. The third kappa shape index (κ3) is 2.85. The molecule has 0 radical (unpaired) electrons. The topological polar surface area (TPSA) is 17.1 Å². The van der Waals surface area contributed by atoms with Crippen molar-refractivity contribution >= 4 is 23.0 Å². The van der Waals surface area contributed by atoms with Crippen LogP contribution in [0.4, 0.5) is 13.2 Å². The highest BCUT2D eigenvalue weighted by Crippen LogP contribution is 2.35.